The second-order valence-corrected chi connectivity index (χ2v) is 9.11. The third-order valence-corrected chi connectivity index (χ3v) is 6.31. The van der Waals surface area contributed by atoms with E-state index in [2.05, 4.69) is 0 Å². The Balaban J connectivity index is 2.70. The summed E-state index contributed by atoms with van der Waals surface area (Å²) in [5, 5.41) is 11.4. The number of benzene rings is 2. The maximum Gasteiger partial charge on any atom is 0.460 e. The van der Waals surface area contributed by atoms with Gasteiger partial charge in [0, 0.05) is 5.92 Å². The number of halogens is 13. The van der Waals surface area contributed by atoms with Gasteiger partial charge in [-0.25, -0.2) is 0 Å². The highest BCUT2D eigenvalue weighted by atomic mass is 19.4. The first-order valence-electron chi connectivity index (χ1n) is 11.5. The zero-order chi connectivity index (χ0) is 31.0. The van der Waals surface area contributed by atoms with E-state index in [4.69, 9.17) is 4.74 Å². The summed E-state index contributed by atoms with van der Waals surface area (Å²) in [7, 11) is 0. The normalized spacial score (nSPS) is 16.4. The SMILES string of the molecule is CCCOc1cccc(C(O)(CC(F)(F)C(F)(F)C(F)(F)C(F)(F)C(F)(F)C(F)(F)F)C(C)c2ccccc2)c1. The van der Waals surface area contributed by atoms with Crippen molar-refractivity contribution in [1.82, 2.24) is 0 Å². The lowest BCUT2D eigenvalue weighted by Gasteiger charge is -2.43. The molecule has 2 aromatic rings. The van der Waals surface area contributed by atoms with Crippen LogP contribution in [0.15, 0.2) is 54.6 Å². The molecule has 2 aromatic carbocycles. The summed E-state index contributed by atoms with van der Waals surface area (Å²) >= 11 is 0. The number of rotatable bonds is 12. The number of ether oxygens (including phenoxy) is 1. The zero-order valence-electron chi connectivity index (χ0n) is 20.7. The lowest BCUT2D eigenvalue weighted by atomic mass is 9.73. The molecular formula is C25H23F13O2. The highest BCUT2D eigenvalue weighted by molar-refractivity contribution is 5.37. The first-order chi connectivity index (χ1) is 18.0. The summed E-state index contributed by atoms with van der Waals surface area (Å²) in [6.45, 7) is 2.73. The van der Waals surface area contributed by atoms with Crippen LogP contribution < -0.4 is 4.74 Å². The van der Waals surface area contributed by atoms with Gasteiger partial charge in [-0.1, -0.05) is 56.3 Å². The topological polar surface area (TPSA) is 29.5 Å². The van der Waals surface area contributed by atoms with Crippen molar-refractivity contribution < 1.29 is 66.9 Å². The molecular weight excluding hydrogens is 579 g/mol. The largest absolute Gasteiger partial charge is 0.494 e. The van der Waals surface area contributed by atoms with Gasteiger partial charge >= 0.3 is 35.8 Å². The summed E-state index contributed by atoms with van der Waals surface area (Å²) in [5.41, 5.74) is -3.99. The van der Waals surface area contributed by atoms with Crippen LogP contribution in [0, 0.1) is 0 Å². The quantitative estimate of drug-likeness (QED) is 0.247. The molecule has 2 rings (SSSR count). The van der Waals surface area contributed by atoms with E-state index in [0.29, 0.717) is 6.42 Å². The molecule has 2 unspecified atom stereocenters. The Morgan fingerprint density at radius 3 is 1.73 bits per heavy atom. The summed E-state index contributed by atoms with van der Waals surface area (Å²) in [5.74, 6) is -39.6. The third-order valence-electron chi connectivity index (χ3n) is 6.31. The molecule has 1 N–H and O–H groups in total. The second kappa shape index (κ2) is 10.9. The van der Waals surface area contributed by atoms with Crippen LogP contribution in [0.1, 0.15) is 43.7 Å². The lowest BCUT2D eigenvalue weighted by Crippen LogP contribution is -2.70. The monoisotopic (exact) mass is 602 g/mol. The Labute approximate surface area is 219 Å². The van der Waals surface area contributed by atoms with Crippen molar-refractivity contribution in [3.05, 3.63) is 65.7 Å². The highest BCUT2D eigenvalue weighted by Gasteiger charge is 2.90. The molecule has 0 bridgehead atoms. The molecule has 0 radical (unpaired) electrons. The average Bonchev–Trinajstić information content (AvgIpc) is 2.86. The molecule has 0 spiro atoms. The number of hydrogen-bond donors (Lipinski definition) is 1. The molecule has 0 aliphatic rings. The molecule has 0 aliphatic carbocycles. The molecule has 0 aromatic heterocycles. The smallest absolute Gasteiger partial charge is 0.460 e. The van der Waals surface area contributed by atoms with Crippen LogP contribution in [-0.2, 0) is 5.60 Å². The predicted octanol–water partition coefficient (Wildman–Crippen LogP) is 8.60. The Morgan fingerprint density at radius 2 is 1.23 bits per heavy atom. The summed E-state index contributed by atoms with van der Waals surface area (Å²) in [4.78, 5) is 0. The van der Waals surface area contributed by atoms with Gasteiger partial charge in [0.05, 0.1) is 13.0 Å². The van der Waals surface area contributed by atoms with Gasteiger partial charge in [0.2, 0.25) is 0 Å². The molecule has 15 heteroatoms. The Bertz CT molecular complexity index is 1130. The molecule has 0 aliphatic heterocycles. The van der Waals surface area contributed by atoms with Gasteiger partial charge in [-0.3, -0.25) is 0 Å². The zero-order valence-corrected chi connectivity index (χ0v) is 20.7. The molecule has 0 saturated carbocycles. The van der Waals surface area contributed by atoms with Crippen LogP contribution >= 0.6 is 0 Å². The van der Waals surface area contributed by atoms with Crippen LogP contribution in [-0.4, -0.2) is 47.5 Å². The van der Waals surface area contributed by atoms with Crippen LogP contribution in [0.3, 0.4) is 0 Å². The van der Waals surface area contributed by atoms with E-state index in [9.17, 15) is 62.2 Å². The van der Waals surface area contributed by atoms with Crippen LogP contribution in [0.4, 0.5) is 57.1 Å². The minimum Gasteiger partial charge on any atom is -0.494 e. The molecule has 2 nitrogen and oxygen atoms in total. The fraction of sp³-hybridized carbons (Fsp3) is 0.520. The van der Waals surface area contributed by atoms with Crippen molar-refractivity contribution in [1.29, 1.82) is 0 Å². The predicted molar refractivity (Wildman–Crippen MR) is 116 cm³/mol. The second-order valence-electron chi connectivity index (χ2n) is 9.11. The summed E-state index contributed by atoms with van der Waals surface area (Å²) in [6.07, 6.45) is -9.87. The molecule has 0 saturated heterocycles. The van der Waals surface area contributed by atoms with E-state index in [-0.39, 0.29) is 17.9 Å². The first-order valence-corrected chi connectivity index (χ1v) is 11.5. The van der Waals surface area contributed by atoms with E-state index in [1.54, 1.807) is 6.92 Å². The summed E-state index contributed by atoms with van der Waals surface area (Å²) in [6, 6.07) is 10.7. The summed E-state index contributed by atoms with van der Waals surface area (Å²) < 4.78 is 184. The minimum absolute atomic E-state index is 0.0373. The van der Waals surface area contributed by atoms with Gasteiger partial charge in [-0.15, -0.1) is 0 Å². The average molecular weight is 602 g/mol. The first kappa shape index (κ1) is 33.5. The van der Waals surface area contributed by atoms with Crippen molar-refractivity contribution in [2.45, 2.75) is 74.0 Å². The third kappa shape index (κ3) is 5.57. The maximum atomic E-state index is 15.0. The van der Waals surface area contributed by atoms with E-state index in [1.807, 2.05) is 0 Å². The standard InChI is InChI=1S/C25H23F13O2/c1-3-12-40-18-11-7-10-17(13-18)19(39,15(2)16-8-5-4-6-9-16)14-20(26,27)21(28,29)22(30,31)23(32,33)24(34,35)25(36,37)38/h4-11,13,15,39H,3,12,14H2,1-2H3. The van der Waals surface area contributed by atoms with Crippen molar-refractivity contribution in [2.24, 2.45) is 0 Å². The number of alkyl halides is 13. The van der Waals surface area contributed by atoms with Gasteiger partial charge in [-0.2, -0.15) is 57.1 Å². The van der Waals surface area contributed by atoms with Crippen molar-refractivity contribution in [3.8, 4) is 5.75 Å². The van der Waals surface area contributed by atoms with Crippen LogP contribution in [0.2, 0.25) is 0 Å². The number of aliphatic hydroxyl groups is 1. The van der Waals surface area contributed by atoms with Gasteiger partial charge < -0.3 is 9.84 Å². The fourth-order valence-electron chi connectivity index (χ4n) is 3.85. The van der Waals surface area contributed by atoms with E-state index >= 15 is 0 Å². The molecule has 0 heterocycles. The van der Waals surface area contributed by atoms with Crippen molar-refractivity contribution in [3.63, 3.8) is 0 Å². The minimum atomic E-state index is -8.03. The Hall–Kier alpha value is -2.71. The molecule has 40 heavy (non-hydrogen) atoms. The van der Waals surface area contributed by atoms with Crippen molar-refractivity contribution >= 4 is 0 Å². The lowest BCUT2D eigenvalue weighted by molar-refractivity contribution is -0.441. The Morgan fingerprint density at radius 1 is 0.700 bits per heavy atom. The van der Waals surface area contributed by atoms with Gasteiger partial charge in [0.1, 0.15) is 11.4 Å². The molecule has 0 fully saturated rings. The Kier molecular flexibility index (Phi) is 9.16. The van der Waals surface area contributed by atoms with E-state index < -0.39 is 59.3 Å². The molecule has 2 atom stereocenters. The fourth-order valence-corrected chi connectivity index (χ4v) is 3.85. The molecule has 0 amide bonds. The van der Waals surface area contributed by atoms with E-state index in [1.165, 1.54) is 36.4 Å². The van der Waals surface area contributed by atoms with E-state index in [0.717, 1.165) is 25.1 Å². The van der Waals surface area contributed by atoms with Gasteiger partial charge in [-0.05, 0) is 29.7 Å². The number of hydrogen-bond acceptors (Lipinski definition) is 2. The highest BCUT2D eigenvalue weighted by Crippen LogP contribution is 2.62. The molecule has 226 valence electrons. The van der Waals surface area contributed by atoms with Gasteiger partial charge in [0.15, 0.2) is 0 Å². The van der Waals surface area contributed by atoms with Gasteiger partial charge in [0.25, 0.3) is 0 Å². The van der Waals surface area contributed by atoms with Crippen LogP contribution in [0.5, 0.6) is 5.75 Å². The van der Waals surface area contributed by atoms with Crippen LogP contribution in [0.25, 0.3) is 0 Å². The maximum absolute atomic E-state index is 15.0. The van der Waals surface area contributed by atoms with Crippen molar-refractivity contribution in [2.75, 3.05) is 6.61 Å².